The molecule has 1 aromatic rings. The molecule has 0 bridgehead atoms. The normalized spacial score (nSPS) is 25.1. The number of piperidine rings is 1. The standard InChI is InChI=1S/C21H30N2O2/c1-2-17(14-16-6-4-3-5-7-16)19-15-20(19)22-18-8-11-23(12-9-18)13-10-21(24)25/h3-7,14,18-20,22H,2,8-13,15H2,1H3,(H,24,25)/b17-14+/t19-,20+/m0/s1. The first-order valence-electron chi connectivity index (χ1n) is 9.61. The number of aliphatic carboxylic acids is 1. The molecule has 2 fully saturated rings. The number of rotatable bonds is 8. The first-order valence-corrected chi connectivity index (χ1v) is 9.61. The molecule has 4 heteroatoms. The van der Waals surface area contributed by atoms with Gasteiger partial charge in [-0.05, 0) is 50.3 Å². The highest BCUT2D eigenvalue weighted by molar-refractivity contribution is 5.66. The highest BCUT2D eigenvalue weighted by Gasteiger charge is 2.40. The van der Waals surface area contributed by atoms with E-state index in [1.54, 1.807) is 5.57 Å². The monoisotopic (exact) mass is 342 g/mol. The molecule has 2 aliphatic rings. The van der Waals surface area contributed by atoms with Crippen LogP contribution in [0.2, 0.25) is 0 Å². The Morgan fingerprint density at radius 1 is 1.28 bits per heavy atom. The number of benzene rings is 1. The van der Waals surface area contributed by atoms with Crippen molar-refractivity contribution in [1.82, 2.24) is 10.2 Å². The van der Waals surface area contributed by atoms with E-state index in [1.807, 2.05) is 0 Å². The lowest BCUT2D eigenvalue weighted by atomic mass is 10.0. The summed E-state index contributed by atoms with van der Waals surface area (Å²) in [5, 5.41) is 12.6. The number of carboxylic acid groups (broad SMARTS) is 1. The zero-order valence-electron chi connectivity index (χ0n) is 15.2. The number of hydrogen-bond acceptors (Lipinski definition) is 3. The minimum absolute atomic E-state index is 0.257. The number of carboxylic acids is 1. The molecule has 1 saturated carbocycles. The van der Waals surface area contributed by atoms with Gasteiger partial charge < -0.3 is 15.3 Å². The maximum atomic E-state index is 10.7. The van der Waals surface area contributed by atoms with E-state index in [-0.39, 0.29) is 6.42 Å². The Morgan fingerprint density at radius 3 is 2.64 bits per heavy atom. The molecule has 1 aliphatic heterocycles. The predicted molar refractivity (Wildman–Crippen MR) is 101 cm³/mol. The van der Waals surface area contributed by atoms with E-state index in [2.05, 4.69) is 53.5 Å². The number of hydrogen-bond donors (Lipinski definition) is 2. The van der Waals surface area contributed by atoms with E-state index >= 15 is 0 Å². The summed E-state index contributed by atoms with van der Waals surface area (Å²) in [6.45, 7) is 4.98. The lowest BCUT2D eigenvalue weighted by Crippen LogP contribution is -2.44. The Labute approximate surface area is 150 Å². The average Bonchev–Trinajstić information content (AvgIpc) is 3.39. The smallest absolute Gasteiger partial charge is 0.304 e. The fraction of sp³-hybridized carbons (Fsp3) is 0.571. The van der Waals surface area contributed by atoms with Gasteiger partial charge in [-0.1, -0.05) is 48.9 Å². The van der Waals surface area contributed by atoms with Crippen molar-refractivity contribution in [2.45, 2.75) is 51.1 Å². The highest BCUT2D eigenvalue weighted by Crippen LogP contribution is 2.40. The Kier molecular flexibility index (Phi) is 6.27. The number of likely N-dealkylation sites (tertiary alicyclic amines) is 1. The zero-order valence-corrected chi connectivity index (χ0v) is 15.2. The third-order valence-electron chi connectivity index (χ3n) is 5.51. The molecular formula is C21H30N2O2. The van der Waals surface area contributed by atoms with Gasteiger partial charge in [-0.15, -0.1) is 0 Å². The summed E-state index contributed by atoms with van der Waals surface area (Å²) in [6.07, 6.45) is 7.25. The van der Waals surface area contributed by atoms with Crippen LogP contribution in [-0.4, -0.2) is 47.7 Å². The molecule has 1 aromatic carbocycles. The SMILES string of the molecule is CC/C(=C\c1ccccc1)[C@@H]1C[C@H]1NC1CCN(CCC(=O)O)CC1. The van der Waals surface area contributed by atoms with Gasteiger partial charge in [-0.2, -0.15) is 0 Å². The number of nitrogens with zero attached hydrogens (tertiary/aromatic N) is 1. The van der Waals surface area contributed by atoms with Crippen LogP contribution in [0.15, 0.2) is 35.9 Å². The molecule has 1 aliphatic carbocycles. The second kappa shape index (κ2) is 8.63. The molecule has 2 N–H and O–H groups in total. The molecule has 0 radical (unpaired) electrons. The molecule has 0 unspecified atom stereocenters. The van der Waals surface area contributed by atoms with Gasteiger partial charge in [0, 0.05) is 18.6 Å². The van der Waals surface area contributed by atoms with Crippen LogP contribution in [0.4, 0.5) is 0 Å². The molecular weight excluding hydrogens is 312 g/mol. The molecule has 25 heavy (non-hydrogen) atoms. The first kappa shape index (κ1) is 18.2. The van der Waals surface area contributed by atoms with E-state index < -0.39 is 5.97 Å². The second-order valence-corrected chi connectivity index (χ2v) is 7.36. The zero-order chi connectivity index (χ0) is 17.6. The van der Waals surface area contributed by atoms with Crippen LogP contribution in [0.25, 0.3) is 6.08 Å². The van der Waals surface area contributed by atoms with Gasteiger partial charge >= 0.3 is 5.97 Å². The van der Waals surface area contributed by atoms with Crippen LogP contribution in [0.3, 0.4) is 0 Å². The number of nitrogens with one attached hydrogen (secondary N) is 1. The van der Waals surface area contributed by atoms with E-state index in [0.29, 0.717) is 24.5 Å². The van der Waals surface area contributed by atoms with Gasteiger partial charge in [0.1, 0.15) is 0 Å². The maximum Gasteiger partial charge on any atom is 0.304 e. The molecule has 2 atom stereocenters. The Morgan fingerprint density at radius 2 is 2.00 bits per heavy atom. The van der Waals surface area contributed by atoms with Gasteiger partial charge in [0.05, 0.1) is 6.42 Å². The maximum absolute atomic E-state index is 10.7. The Hall–Kier alpha value is -1.65. The lowest BCUT2D eigenvalue weighted by Gasteiger charge is -2.32. The van der Waals surface area contributed by atoms with Gasteiger partial charge in [-0.3, -0.25) is 4.79 Å². The fourth-order valence-electron chi connectivity index (χ4n) is 3.90. The second-order valence-electron chi connectivity index (χ2n) is 7.36. The summed E-state index contributed by atoms with van der Waals surface area (Å²) in [6, 6.07) is 11.8. The van der Waals surface area contributed by atoms with Crippen LogP contribution in [0, 0.1) is 5.92 Å². The van der Waals surface area contributed by atoms with Gasteiger partial charge in [0.15, 0.2) is 0 Å². The van der Waals surface area contributed by atoms with Crippen LogP contribution in [0.5, 0.6) is 0 Å². The topological polar surface area (TPSA) is 52.6 Å². The largest absolute Gasteiger partial charge is 0.481 e. The van der Waals surface area contributed by atoms with Crippen LogP contribution in [0.1, 0.15) is 44.6 Å². The average molecular weight is 342 g/mol. The minimum Gasteiger partial charge on any atom is -0.481 e. The third kappa shape index (κ3) is 5.41. The molecule has 3 rings (SSSR count). The highest BCUT2D eigenvalue weighted by atomic mass is 16.4. The van der Waals surface area contributed by atoms with Crippen molar-refractivity contribution in [3.8, 4) is 0 Å². The van der Waals surface area contributed by atoms with Crippen molar-refractivity contribution in [2.75, 3.05) is 19.6 Å². The molecule has 0 spiro atoms. The van der Waals surface area contributed by atoms with Crippen molar-refractivity contribution < 1.29 is 9.90 Å². The van der Waals surface area contributed by atoms with Crippen molar-refractivity contribution >= 4 is 12.0 Å². The van der Waals surface area contributed by atoms with Gasteiger partial charge in [-0.25, -0.2) is 0 Å². The van der Waals surface area contributed by atoms with Gasteiger partial charge in [0.2, 0.25) is 0 Å². The van der Waals surface area contributed by atoms with E-state index in [0.717, 1.165) is 32.4 Å². The van der Waals surface area contributed by atoms with Crippen LogP contribution in [-0.2, 0) is 4.79 Å². The van der Waals surface area contributed by atoms with Gasteiger partial charge in [0.25, 0.3) is 0 Å². The van der Waals surface area contributed by atoms with Crippen molar-refractivity contribution in [3.05, 3.63) is 41.5 Å². The summed E-state index contributed by atoms with van der Waals surface area (Å²) >= 11 is 0. The summed E-state index contributed by atoms with van der Waals surface area (Å²) in [5.41, 5.74) is 2.86. The Balaban J connectivity index is 1.44. The van der Waals surface area contributed by atoms with Crippen molar-refractivity contribution in [2.24, 2.45) is 5.92 Å². The molecule has 1 saturated heterocycles. The lowest BCUT2D eigenvalue weighted by molar-refractivity contribution is -0.137. The molecule has 4 nitrogen and oxygen atoms in total. The fourth-order valence-corrected chi connectivity index (χ4v) is 3.90. The van der Waals surface area contributed by atoms with Crippen molar-refractivity contribution in [1.29, 1.82) is 0 Å². The quantitative estimate of drug-likeness (QED) is 0.760. The van der Waals surface area contributed by atoms with E-state index in [1.165, 1.54) is 12.0 Å². The van der Waals surface area contributed by atoms with E-state index in [4.69, 9.17) is 5.11 Å². The Bertz CT molecular complexity index is 591. The van der Waals surface area contributed by atoms with Crippen LogP contribution < -0.4 is 5.32 Å². The molecule has 0 amide bonds. The molecule has 0 aromatic heterocycles. The van der Waals surface area contributed by atoms with Crippen molar-refractivity contribution in [3.63, 3.8) is 0 Å². The summed E-state index contributed by atoms with van der Waals surface area (Å²) in [5.74, 6) is -0.00591. The third-order valence-corrected chi connectivity index (χ3v) is 5.51. The summed E-state index contributed by atoms with van der Waals surface area (Å²) in [4.78, 5) is 13.0. The molecule has 1 heterocycles. The van der Waals surface area contributed by atoms with Crippen LogP contribution >= 0.6 is 0 Å². The summed E-state index contributed by atoms with van der Waals surface area (Å²) < 4.78 is 0. The first-order chi connectivity index (χ1) is 12.2. The number of carbonyl (C=O) groups is 1. The minimum atomic E-state index is -0.696. The van der Waals surface area contributed by atoms with E-state index in [9.17, 15) is 4.79 Å². The predicted octanol–water partition coefficient (Wildman–Crippen LogP) is 3.40. The summed E-state index contributed by atoms with van der Waals surface area (Å²) in [7, 11) is 0. The molecule has 136 valence electrons.